The highest BCUT2D eigenvalue weighted by Crippen LogP contribution is 2.30. The molecule has 0 amide bonds. The maximum atomic E-state index is 13.6. The standard InChI is InChI=1S/C13H11FN4O/c1-6-11-12(18(2)17-6)8-3-7(5-19)9(14)4-10(8)16-13(11)15/h3-5H,1-2H3,(H2,15,16). The molecule has 1 aromatic carbocycles. The number of aromatic nitrogens is 3. The third kappa shape index (κ3) is 1.49. The highest BCUT2D eigenvalue weighted by Gasteiger charge is 2.15. The minimum Gasteiger partial charge on any atom is -0.383 e. The number of nitrogen functional groups attached to an aromatic ring is 1. The molecule has 0 saturated heterocycles. The van der Waals surface area contributed by atoms with E-state index in [4.69, 9.17) is 5.73 Å². The molecule has 2 aromatic heterocycles. The summed E-state index contributed by atoms with van der Waals surface area (Å²) in [6.07, 6.45) is 0.486. The Morgan fingerprint density at radius 1 is 1.42 bits per heavy atom. The lowest BCUT2D eigenvalue weighted by molar-refractivity contribution is 0.112. The summed E-state index contributed by atoms with van der Waals surface area (Å²) < 4.78 is 15.3. The molecule has 0 aliphatic heterocycles. The second kappa shape index (κ2) is 3.74. The molecule has 3 aromatic rings. The predicted octanol–water partition coefficient (Wildman–Crippen LogP) is 1.96. The second-order valence-corrected chi connectivity index (χ2v) is 4.44. The number of hydrogen-bond acceptors (Lipinski definition) is 4. The molecule has 2 N–H and O–H groups in total. The summed E-state index contributed by atoms with van der Waals surface area (Å²) in [4.78, 5) is 15.0. The third-order valence-corrected chi connectivity index (χ3v) is 3.22. The van der Waals surface area contributed by atoms with Crippen molar-refractivity contribution >= 4 is 33.9 Å². The van der Waals surface area contributed by atoms with E-state index in [0.717, 1.165) is 16.6 Å². The number of halogens is 1. The number of nitrogens with zero attached hydrogens (tertiary/aromatic N) is 3. The first-order chi connectivity index (χ1) is 9.02. The van der Waals surface area contributed by atoms with Gasteiger partial charge in [-0.3, -0.25) is 9.48 Å². The molecule has 0 fully saturated rings. The summed E-state index contributed by atoms with van der Waals surface area (Å²) in [7, 11) is 1.78. The molecule has 6 heteroatoms. The molecule has 2 heterocycles. The van der Waals surface area contributed by atoms with E-state index in [-0.39, 0.29) is 5.56 Å². The monoisotopic (exact) mass is 258 g/mol. The predicted molar refractivity (Wildman–Crippen MR) is 70.5 cm³/mol. The molecule has 0 bridgehead atoms. The fourth-order valence-corrected chi connectivity index (χ4v) is 2.41. The Bertz CT molecular complexity index is 838. The number of hydrogen-bond donors (Lipinski definition) is 1. The molecule has 0 aliphatic rings. The minimum absolute atomic E-state index is 0.000718. The molecular weight excluding hydrogens is 247 g/mol. The fraction of sp³-hybridized carbons (Fsp3) is 0.154. The van der Waals surface area contributed by atoms with Crippen molar-refractivity contribution in [2.75, 3.05) is 5.73 Å². The number of carbonyl (C=O) groups excluding carboxylic acids is 1. The van der Waals surface area contributed by atoms with Crippen molar-refractivity contribution in [2.45, 2.75) is 6.92 Å². The van der Waals surface area contributed by atoms with Crippen LogP contribution in [0.3, 0.4) is 0 Å². The first-order valence-corrected chi connectivity index (χ1v) is 5.70. The van der Waals surface area contributed by atoms with Gasteiger partial charge in [0, 0.05) is 18.5 Å². The Morgan fingerprint density at radius 2 is 2.16 bits per heavy atom. The molecule has 0 aliphatic carbocycles. The van der Waals surface area contributed by atoms with Crippen LogP contribution in [0.5, 0.6) is 0 Å². The number of aryl methyl sites for hydroxylation is 2. The van der Waals surface area contributed by atoms with Gasteiger partial charge < -0.3 is 5.73 Å². The van der Waals surface area contributed by atoms with Crippen molar-refractivity contribution in [1.29, 1.82) is 0 Å². The number of aldehydes is 1. The Labute approximate surface area is 107 Å². The lowest BCUT2D eigenvalue weighted by Gasteiger charge is -2.05. The highest BCUT2D eigenvalue weighted by atomic mass is 19.1. The van der Waals surface area contributed by atoms with E-state index in [1.165, 1.54) is 12.1 Å². The second-order valence-electron chi connectivity index (χ2n) is 4.44. The van der Waals surface area contributed by atoms with Crippen molar-refractivity contribution in [1.82, 2.24) is 14.8 Å². The largest absolute Gasteiger partial charge is 0.383 e. The summed E-state index contributed by atoms with van der Waals surface area (Å²) in [5, 5.41) is 5.69. The van der Waals surface area contributed by atoms with Gasteiger partial charge in [-0.2, -0.15) is 5.10 Å². The van der Waals surface area contributed by atoms with Gasteiger partial charge in [-0.15, -0.1) is 0 Å². The Morgan fingerprint density at radius 3 is 2.84 bits per heavy atom. The van der Waals surface area contributed by atoms with Gasteiger partial charge in [0.2, 0.25) is 0 Å². The molecule has 5 nitrogen and oxygen atoms in total. The molecular formula is C13H11FN4O. The van der Waals surface area contributed by atoms with Gasteiger partial charge in [0.1, 0.15) is 11.6 Å². The van der Waals surface area contributed by atoms with Crippen LogP contribution in [-0.4, -0.2) is 21.1 Å². The van der Waals surface area contributed by atoms with Gasteiger partial charge >= 0.3 is 0 Å². The number of benzene rings is 1. The van der Waals surface area contributed by atoms with Crippen molar-refractivity contribution in [3.63, 3.8) is 0 Å². The fourth-order valence-electron chi connectivity index (χ4n) is 2.41. The van der Waals surface area contributed by atoms with Crippen LogP contribution in [-0.2, 0) is 7.05 Å². The summed E-state index contributed by atoms with van der Waals surface area (Å²) in [6.45, 7) is 1.83. The van der Waals surface area contributed by atoms with Crippen molar-refractivity contribution in [3.05, 3.63) is 29.2 Å². The third-order valence-electron chi connectivity index (χ3n) is 3.22. The Kier molecular flexibility index (Phi) is 2.28. The van der Waals surface area contributed by atoms with E-state index in [9.17, 15) is 9.18 Å². The number of pyridine rings is 1. The molecule has 0 unspecified atom stereocenters. The Balaban J connectivity index is 2.61. The van der Waals surface area contributed by atoms with E-state index in [0.29, 0.717) is 23.0 Å². The van der Waals surface area contributed by atoms with Gasteiger partial charge in [0.15, 0.2) is 6.29 Å². The van der Waals surface area contributed by atoms with Gasteiger partial charge in [-0.25, -0.2) is 9.37 Å². The zero-order valence-electron chi connectivity index (χ0n) is 10.4. The summed E-state index contributed by atoms with van der Waals surface area (Å²) in [5.74, 6) is -0.293. The highest BCUT2D eigenvalue weighted by molar-refractivity contribution is 6.09. The summed E-state index contributed by atoms with van der Waals surface area (Å²) >= 11 is 0. The van der Waals surface area contributed by atoms with Gasteiger partial charge in [-0.05, 0) is 13.0 Å². The van der Waals surface area contributed by atoms with Crippen LogP contribution in [0.15, 0.2) is 12.1 Å². The molecule has 96 valence electrons. The summed E-state index contributed by atoms with van der Waals surface area (Å²) in [6, 6.07) is 2.70. The maximum absolute atomic E-state index is 13.6. The lowest BCUT2D eigenvalue weighted by atomic mass is 10.1. The van der Waals surface area contributed by atoms with E-state index in [1.807, 2.05) is 6.92 Å². The molecule has 0 spiro atoms. The molecule has 0 radical (unpaired) electrons. The average molecular weight is 258 g/mol. The van der Waals surface area contributed by atoms with E-state index < -0.39 is 5.82 Å². The van der Waals surface area contributed by atoms with Crippen LogP contribution < -0.4 is 5.73 Å². The van der Waals surface area contributed by atoms with Crippen LogP contribution >= 0.6 is 0 Å². The van der Waals surface area contributed by atoms with Crippen LogP contribution in [0.25, 0.3) is 21.8 Å². The normalized spacial score (nSPS) is 11.3. The lowest BCUT2D eigenvalue weighted by Crippen LogP contribution is -1.97. The van der Waals surface area contributed by atoms with Crippen molar-refractivity contribution in [3.8, 4) is 0 Å². The Hall–Kier alpha value is -2.50. The first kappa shape index (κ1) is 11.6. The zero-order valence-corrected chi connectivity index (χ0v) is 10.4. The minimum atomic E-state index is -0.604. The molecule has 0 saturated carbocycles. The quantitative estimate of drug-likeness (QED) is 0.677. The molecule has 0 atom stereocenters. The van der Waals surface area contributed by atoms with Crippen molar-refractivity contribution < 1.29 is 9.18 Å². The molecule has 19 heavy (non-hydrogen) atoms. The van der Waals surface area contributed by atoms with Crippen LogP contribution in [0.1, 0.15) is 16.1 Å². The zero-order chi connectivity index (χ0) is 13.7. The van der Waals surface area contributed by atoms with E-state index in [1.54, 1.807) is 11.7 Å². The summed E-state index contributed by atoms with van der Waals surface area (Å²) in [5.41, 5.74) is 7.82. The van der Waals surface area contributed by atoms with Gasteiger partial charge in [0.05, 0.1) is 27.7 Å². The molecule has 3 rings (SSSR count). The number of nitrogens with two attached hydrogens (primary N) is 1. The number of carbonyl (C=O) groups is 1. The number of rotatable bonds is 1. The topological polar surface area (TPSA) is 73.8 Å². The SMILES string of the molecule is Cc1nn(C)c2c1c(N)nc1cc(F)c(C=O)cc12. The van der Waals surface area contributed by atoms with Crippen molar-refractivity contribution in [2.24, 2.45) is 7.05 Å². The van der Waals surface area contributed by atoms with Gasteiger partial charge in [0.25, 0.3) is 0 Å². The van der Waals surface area contributed by atoms with E-state index >= 15 is 0 Å². The smallest absolute Gasteiger partial charge is 0.153 e. The van der Waals surface area contributed by atoms with Crippen LogP contribution in [0.2, 0.25) is 0 Å². The van der Waals surface area contributed by atoms with E-state index in [2.05, 4.69) is 10.1 Å². The van der Waals surface area contributed by atoms with Crippen LogP contribution in [0.4, 0.5) is 10.2 Å². The van der Waals surface area contributed by atoms with Gasteiger partial charge in [-0.1, -0.05) is 0 Å². The maximum Gasteiger partial charge on any atom is 0.153 e. The number of fused-ring (bicyclic) bond motifs is 3. The first-order valence-electron chi connectivity index (χ1n) is 5.70. The van der Waals surface area contributed by atoms with Crippen LogP contribution in [0, 0.1) is 12.7 Å². The average Bonchev–Trinajstić information content (AvgIpc) is 2.65. The number of anilines is 1.